The minimum atomic E-state index is 0.0506. The summed E-state index contributed by atoms with van der Waals surface area (Å²) in [6.45, 7) is 6.73. The van der Waals surface area contributed by atoms with Gasteiger partial charge in [0.05, 0.1) is 5.54 Å². The van der Waals surface area contributed by atoms with Crippen LogP contribution in [0.3, 0.4) is 0 Å². The predicted octanol–water partition coefficient (Wildman–Crippen LogP) is 3.46. The molecule has 1 aliphatic heterocycles. The van der Waals surface area contributed by atoms with E-state index in [4.69, 9.17) is 0 Å². The first kappa shape index (κ1) is 13.8. The van der Waals surface area contributed by atoms with Gasteiger partial charge in [0.1, 0.15) is 0 Å². The third kappa shape index (κ3) is 3.11. The Bertz CT molecular complexity index is 523. The molecule has 2 nitrogen and oxygen atoms in total. The normalized spacial score (nSPS) is 24.4. The molecule has 1 atom stereocenters. The lowest BCUT2D eigenvalue weighted by atomic mass is 9.91. The van der Waals surface area contributed by atoms with Crippen LogP contribution in [0.5, 0.6) is 0 Å². The van der Waals surface area contributed by atoms with Crippen LogP contribution in [0.1, 0.15) is 23.8 Å². The maximum Gasteiger partial charge on any atom is 0.0535 e. The molecule has 0 spiro atoms. The van der Waals surface area contributed by atoms with Crippen LogP contribution in [-0.4, -0.2) is 24.5 Å². The molecule has 0 radical (unpaired) electrons. The molecule has 20 heavy (non-hydrogen) atoms. The first-order valence-corrected chi connectivity index (χ1v) is 8.19. The van der Waals surface area contributed by atoms with Crippen LogP contribution in [0.2, 0.25) is 0 Å². The van der Waals surface area contributed by atoms with Gasteiger partial charge >= 0.3 is 0 Å². The summed E-state index contributed by atoms with van der Waals surface area (Å²) in [4.78, 5) is 4.04. The number of benzene rings is 1. The van der Waals surface area contributed by atoms with E-state index in [0.29, 0.717) is 0 Å². The van der Waals surface area contributed by atoms with Crippen LogP contribution < -0.4 is 5.32 Å². The fraction of sp³-hybridized carbons (Fsp3) is 0.412. The van der Waals surface area contributed by atoms with E-state index in [0.717, 1.165) is 19.6 Å². The van der Waals surface area contributed by atoms with Gasteiger partial charge in [-0.1, -0.05) is 36.4 Å². The second-order valence-electron chi connectivity index (χ2n) is 5.77. The van der Waals surface area contributed by atoms with Crippen LogP contribution >= 0.6 is 11.3 Å². The SMILES string of the molecule is CC1(c2ccccc2)CN(Cc2cccs2)CCCN1. The second kappa shape index (κ2) is 6.08. The van der Waals surface area contributed by atoms with Gasteiger partial charge < -0.3 is 5.32 Å². The Morgan fingerprint density at radius 2 is 2.05 bits per heavy atom. The first-order valence-electron chi connectivity index (χ1n) is 7.32. The van der Waals surface area contributed by atoms with Crippen molar-refractivity contribution < 1.29 is 0 Å². The van der Waals surface area contributed by atoms with Crippen molar-refractivity contribution in [2.24, 2.45) is 0 Å². The second-order valence-corrected chi connectivity index (χ2v) is 6.80. The van der Waals surface area contributed by atoms with Crippen LogP contribution in [0.15, 0.2) is 47.8 Å². The Balaban J connectivity index is 1.78. The molecule has 2 aromatic rings. The summed E-state index contributed by atoms with van der Waals surface area (Å²) in [5.41, 5.74) is 1.44. The third-order valence-corrected chi connectivity index (χ3v) is 4.94. The van der Waals surface area contributed by atoms with E-state index in [9.17, 15) is 0 Å². The van der Waals surface area contributed by atoms with E-state index in [-0.39, 0.29) is 5.54 Å². The molecule has 1 aromatic heterocycles. The predicted molar refractivity (Wildman–Crippen MR) is 86.0 cm³/mol. The maximum atomic E-state index is 3.75. The summed E-state index contributed by atoms with van der Waals surface area (Å²) in [7, 11) is 0. The summed E-state index contributed by atoms with van der Waals surface area (Å²) in [5, 5.41) is 5.91. The molecule has 1 aromatic carbocycles. The Labute approximate surface area is 125 Å². The number of rotatable bonds is 3. The molecule has 0 bridgehead atoms. The molecular formula is C17H22N2S. The van der Waals surface area contributed by atoms with Gasteiger partial charge in [-0.2, -0.15) is 0 Å². The van der Waals surface area contributed by atoms with Gasteiger partial charge in [0, 0.05) is 18.0 Å². The fourth-order valence-corrected chi connectivity index (χ4v) is 3.75. The minimum absolute atomic E-state index is 0.0506. The molecule has 0 aliphatic carbocycles. The molecule has 0 saturated carbocycles. The van der Waals surface area contributed by atoms with E-state index < -0.39 is 0 Å². The molecule has 3 rings (SSSR count). The lowest BCUT2D eigenvalue weighted by Gasteiger charge is -2.34. The highest BCUT2D eigenvalue weighted by atomic mass is 32.1. The highest BCUT2D eigenvalue weighted by molar-refractivity contribution is 7.09. The largest absolute Gasteiger partial charge is 0.307 e. The van der Waals surface area contributed by atoms with E-state index in [1.54, 1.807) is 0 Å². The Morgan fingerprint density at radius 3 is 2.80 bits per heavy atom. The van der Waals surface area contributed by atoms with Crippen molar-refractivity contribution >= 4 is 11.3 Å². The molecule has 1 unspecified atom stereocenters. The zero-order chi connectivity index (χ0) is 13.8. The number of nitrogens with zero attached hydrogens (tertiary/aromatic N) is 1. The molecule has 1 fully saturated rings. The van der Waals surface area contributed by atoms with Gasteiger partial charge in [0.2, 0.25) is 0 Å². The summed E-state index contributed by atoms with van der Waals surface area (Å²) in [6.07, 6.45) is 1.22. The molecule has 106 valence electrons. The standard InChI is InChI=1S/C17H22N2S/c1-17(15-7-3-2-4-8-15)14-19(11-6-10-18-17)13-16-9-5-12-20-16/h2-5,7-9,12,18H,6,10-11,13-14H2,1H3. The average Bonchev–Trinajstić information content (AvgIpc) is 2.90. The average molecular weight is 286 g/mol. The van der Waals surface area contributed by atoms with Crippen molar-refractivity contribution in [1.29, 1.82) is 0 Å². The van der Waals surface area contributed by atoms with Crippen molar-refractivity contribution in [3.8, 4) is 0 Å². The monoisotopic (exact) mass is 286 g/mol. The summed E-state index contributed by atoms with van der Waals surface area (Å²) in [6, 6.07) is 15.2. The topological polar surface area (TPSA) is 15.3 Å². The van der Waals surface area contributed by atoms with E-state index >= 15 is 0 Å². The molecule has 1 aliphatic rings. The molecular weight excluding hydrogens is 264 g/mol. The van der Waals surface area contributed by atoms with Gasteiger partial charge in [-0.3, -0.25) is 4.90 Å². The number of nitrogens with one attached hydrogen (secondary N) is 1. The maximum absolute atomic E-state index is 3.75. The highest BCUT2D eigenvalue weighted by Gasteiger charge is 2.30. The zero-order valence-electron chi connectivity index (χ0n) is 12.0. The lowest BCUT2D eigenvalue weighted by molar-refractivity contribution is 0.215. The van der Waals surface area contributed by atoms with Gasteiger partial charge in [-0.05, 0) is 43.4 Å². The van der Waals surface area contributed by atoms with E-state index in [2.05, 4.69) is 65.0 Å². The van der Waals surface area contributed by atoms with E-state index in [1.165, 1.54) is 23.4 Å². The van der Waals surface area contributed by atoms with Crippen LogP contribution in [0.25, 0.3) is 0 Å². The number of hydrogen-bond donors (Lipinski definition) is 1. The zero-order valence-corrected chi connectivity index (χ0v) is 12.8. The Hall–Kier alpha value is -1.16. The van der Waals surface area contributed by atoms with Gasteiger partial charge in [0.25, 0.3) is 0 Å². The van der Waals surface area contributed by atoms with Gasteiger partial charge in [0.15, 0.2) is 0 Å². The smallest absolute Gasteiger partial charge is 0.0535 e. The minimum Gasteiger partial charge on any atom is -0.307 e. The van der Waals surface area contributed by atoms with Crippen LogP contribution in [0.4, 0.5) is 0 Å². The fourth-order valence-electron chi connectivity index (χ4n) is 3.01. The summed E-state index contributed by atoms with van der Waals surface area (Å²) in [5.74, 6) is 0. The molecule has 2 heterocycles. The lowest BCUT2D eigenvalue weighted by Crippen LogP contribution is -2.46. The van der Waals surface area contributed by atoms with Crippen molar-refractivity contribution in [3.05, 3.63) is 58.3 Å². The molecule has 1 saturated heterocycles. The molecule has 0 amide bonds. The third-order valence-electron chi connectivity index (χ3n) is 4.08. The van der Waals surface area contributed by atoms with Crippen molar-refractivity contribution in [1.82, 2.24) is 10.2 Å². The Morgan fingerprint density at radius 1 is 1.20 bits per heavy atom. The van der Waals surface area contributed by atoms with Crippen LogP contribution in [-0.2, 0) is 12.1 Å². The molecule has 1 N–H and O–H groups in total. The first-order chi connectivity index (χ1) is 9.76. The summed E-state index contributed by atoms with van der Waals surface area (Å²) < 4.78 is 0. The summed E-state index contributed by atoms with van der Waals surface area (Å²) >= 11 is 1.86. The van der Waals surface area contributed by atoms with Crippen molar-refractivity contribution in [3.63, 3.8) is 0 Å². The number of hydrogen-bond acceptors (Lipinski definition) is 3. The highest BCUT2D eigenvalue weighted by Crippen LogP contribution is 2.25. The van der Waals surface area contributed by atoms with E-state index in [1.807, 2.05) is 11.3 Å². The quantitative estimate of drug-likeness (QED) is 0.929. The Kier molecular flexibility index (Phi) is 4.20. The van der Waals surface area contributed by atoms with Crippen molar-refractivity contribution in [2.75, 3.05) is 19.6 Å². The number of thiophene rings is 1. The van der Waals surface area contributed by atoms with Gasteiger partial charge in [-0.15, -0.1) is 11.3 Å². The van der Waals surface area contributed by atoms with Crippen molar-refractivity contribution in [2.45, 2.75) is 25.4 Å². The van der Waals surface area contributed by atoms with Gasteiger partial charge in [-0.25, -0.2) is 0 Å². The van der Waals surface area contributed by atoms with Crippen LogP contribution in [0, 0.1) is 0 Å². The molecule has 3 heteroatoms.